The fraction of sp³-hybridized carbons (Fsp3) is 0.500. The van der Waals surface area contributed by atoms with Crippen molar-refractivity contribution < 1.29 is 34.0 Å². The van der Waals surface area contributed by atoms with Crippen molar-refractivity contribution >= 4 is 23.5 Å². The van der Waals surface area contributed by atoms with E-state index in [1.807, 2.05) is 6.92 Å². The normalized spacial score (nSPS) is 21.4. The maximum absolute atomic E-state index is 12.1. The highest BCUT2D eigenvalue weighted by Gasteiger charge is 2.43. The molecule has 2 N–H and O–H groups in total. The number of hydrogen-bond donors (Lipinski definition) is 2. The number of allylic oxidation sites excluding steroid dienone is 1. The second kappa shape index (κ2) is 7.29. The van der Waals surface area contributed by atoms with Crippen molar-refractivity contribution in [1.29, 1.82) is 0 Å². The number of aliphatic hydroxyl groups is 1. The molecule has 1 aromatic rings. The number of aliphatic hydroxyl groups excluding tert-OH is 1. The van der Waals surface area contributed by atoms with Gasteiger partial charge in [-0.3, -0.25) is 4.79 Å². The Kier molecular flexibility index (Phi) is 5.34. The molecule has 3 rings (SSSR count). The van der Waals surface area contributed by atoms with Crippen molar-refractivity contribution in [3.8, 4) is 11.5 Å². The molecule has 3 atom stereocenters. The SMILES string of the molecule is COC(=O)C(C)(Cl)C(O)C1=C[C@H](c2c(O)c3c(c(C)c2OC)COC3=O)CC1. The Balaban J connectivity index is 2.04. The molecule has 0 bridgehead atoms. The topological polar surface area (TPSA) is 102 Å². The van der Waals surface area contributed by atoms with Crippen LogP contribution in [0, 0.1) is 6.92 Å². The summed E-state index contributed by atoms with van der Waals surface area (Å²) in [4.78, 5) is 22.3. The molecule has 1 aromatic carbocycles. The number of ether oxygens (including phenoxy) is 3. The van der Waals surface area contributed by atoms with Gasteiger partial charge in [0.25, 0.3) is 0 Å². The van der Waals surface area contributed by atoms with E-state index >= 15 is 0 Å². The number of carbonyl (C=O) groups excluding carboxylic acids is 2. The van der Waals surface area contributed by atoms with E-state index in [2.05, 4.69) is 4.74 Å². The highest BCUT2D eigenvalue weighted by molar-refractivity contribution is 6.34. The summed E-state index contributed by atoms with van der Waals surface area (Å²) in [5.41, 5.74) is 2.54. The van der Waals surface area contributed by atoms with Crippen LogP contribution in [-0.4, -0.2) is 47.3 Å². The van der Waals surface area contributed by atoms with Crippen LogP contribution < -0.4 is 4.74 Å². The van der Waals surface area contributed by atoms with Crippen molar-refractivity contribution in [3.63, 3.8) is 0 Å². The molecule has 1 aliphatic heterocycles. The number of aromatic hydroxyl groups is 1. The summed E-state index contributed by atoms with van der Waals surface area (Å²) < 4.78 is 15.3. The number of rotatable bonds is 5. The minimum absolute atomic E-state index is 0.0956. The quantitative estimate of drug-likeness (QED) is 0.437. The Bertz CT molecular complexity index is 872. The number of methoxy groups -OCH3 is 2. The van der Waals surface area contributed by atoms with Gasteiger partial charge in [0.05, 0.1) is 14.2 Å². The lowest BCUT2D eigenvalue weighted by Gasteiger charge is -2.26. The van der Waals surface area contributed by atoms with Gasteiger partial charge in [0.15, 0.2) is 4.87 Å². The first-order valence-electron chi connectivity index (χ1n) is 8.90. The largest absolute Gasteiger partial charge is 0.507 e. The Morgan fingerprint density at radius 1 is 1.43 bits per heavy atom. The third-order valence-corrected chi connectivity index (χ3v) is 5.93. The molecular weight excluding hydrogens is 388 g/mol. The van der Waals surface area contributed by atoms with Crippen LogP contribution in [0.5, 0.6) is 11.5 Å². The van der Waals surface area contributed by atoms with Crippen molar-refractivity contribution in [2.75, 3.05) is 14.2 Å². The molecule has 0 spiro atoms. The van der Waals surface area contributed by atoms with E-state index in [1.165, 1.54) is 21.1 Å². The third kappa shape index (κ3) is 3.02. The van der Waals surface area contributed by atoms with E-state index < -0.39 is 22.9 Å². The van der Waals surface area contributed by atoms with Gasteiger partial charge < -0.3 is 24.4 Å². The minimum Gasteiger partial charge on any atom is -0.507 e. The molecule has 2 unspecified atom stereocenters. The second-order valence-electron chi connectivity index (χ2n) is 7.21. The van der Waals surface area contributed by atoms with E-state index in [0.717, 1.165) is 5.56 Å². The fourth-order valence-electron chi connectivity index (χ4n) is 3.99. The summed E-state index contributed by atoms with van der Waals surface area (Å²) in [5, 5.41) is 21.4. The van der Waals surface area contributed by atoms with Crippen LogP contribution in [0.25, 0.3) is 0 Å². The summed E-state index contributed by atoms with van der Waals surface area (Å²) in [6.45, 7) is 3.30. The van der Waals surface area contributed by atoms with Gasteiger partial charge >= 0.3 is 11.9 Å². The molecule has 8 heteroatoms. The maximum atomic E-state index is 12.1. The lowest BCUT2D eigenvalue weighted by molar-refractivity contribution is -0.145. The number of alkyl halides is 1. The number of phenolic OH excluding ortho intramolecular Hbond substituents is 1. The second-order valence-corrected chi connectivity index (χ2v) is 7.99. The van der Waals surface area contributed by atoms with Crippen molar-refractivity contribution in [3.05, 3.63) is 33.9 Å². The van der Waals surface area contributed by atoms with Crippen molar-refractivity contribution in [1.82, 2.24) is 0 Å². The Morgan fingerprint density at radius 3 is 2.71 bits per heavy atom. The molecule has 1 aliphatic carbocycles. The number of benzene rings is 1. The predicted octanol–water partition coefficient (Wildman–Crippen LogP) is 2.71. The monoisotopic (exact) mass is 410 g/mol. The van der Waals surface area contributed by atoms with Gasteiger partial charge in [-0.15, -0.1) is 11.6 Å². The van der Waals surface area contributed by atoms with Crippen LogP contribution in [0.2, 0.25) is 0 Å². The third-order valence-electron chi connectivity index (χ3n) is 5.57. The van der Waals surface area contributed by atoms with E-state index in [0.29, 0.717) is 35.3 Å². The first-order valence-corrected chi connectivity index (χ1v) is 9.28. The summed E-state index contributed by atoms with van der Waals surface area (Å²) in [6, 6.07) is 0. The average molecular weight is 411 g/mol. The number of cyclic esters (lactones) is 1. The lowest BCUT2D eigenvalue weighted by atomic mass is 9.89. The molecule has 0 fully saturated rings. The number of carbonyl (C=O) groups is 2. The molecule has 0 aromatic heterocycles. The molecule has 0 saturated heterocycles. The Morgan fingerprint density at radius 2 is 2.11 bits per heavy atom. The molecule has 7 nitrogen and oxygen atoms in total. The van der Waals surface area contributed by atoms with Gasteiger partial charge in [-0.1, -0.05) is 6.08 Å². The van der Waals surface area contributed by atoms with Gasteiger partial charge in [-0.2, -0.15) is 0 Å². The molecule has 0 amide bonds. The van der Waals surface area contributed by atoms with E-state index in [1.54, 1.807) is 6.08 Å². The highest BCUT2D eigenvalue weighted by atomic mass is 35.5. The first-order chi connectivity index (χ1) is 13.1. The molecule has 0 radical (unpaired) electrons. The fourth-order valence-corrected chi connectivity index (χ4v) is 4.21. The standard InChI is InChI=1S/C20H23ClO7/c1-9-12-8-28-18(24)14(12)15(22)13(16(9)26-3)10-5-6-11(7-10)17(23)20(2,21)19(25)27-4/h7,10,17,22-23H,5-6,8H2,1-4H3/t10-,17?,20?/m1/s1. The average Bonchev–Trinajstić information content (AvgIpc) is 3.30. The molecule has 2 aliphatic rings. The van der Waals surface area contributed by atoms with Crippen LogP contribution in [0.4, 0.5) is 0 Å². The van der Waals surface area contributed by atoms with Gasteiger partial charge in [-0.25, -0.2) is 4.79 Å². The van der Waals surface area contributed by atoms with Gasteiger partial charge in [0.2, 0.25) is 0 Å². The number of halogens is 1. The van der Waals surface area contributed by atoms with Crippen LogP contribution in [0.3, 0.4) is 0 Å². The maximum Gasteiger partial charge on any atom is 0.342 e. The Labute approximate surface area is 167 Å². The van der Waals surface area contributed by atoms with Gasteiger partial charge in [0, 0.05) is 17.0 Å². The number of fused-ring (bicyclic) bond motifs is 1. The van der Waals surface area contributed by atoms with Crippen molar-refractivity contribution in [2.45, 2.75) is 50.2 Å². The Hall–Kier alpha value is -2.25. The van der Waals surface area contributed by atoms with Gasteiger partial charge in [-0.05, 0) is 37.8 Å². The zero-order valence-corrected chi connectivity index (χ0v) is 16.9. The molecule has 0 saturated carbocycles. The molecule has 1 heterocycles. The van der Waals surface area contributed by atoms with Crippen LogP contribution >= 0.6 is 11.6 Å². The number of phenols is 1. The minimum atomic E-state index is -1.63. The molecular formula is C20H23ClO7. The van der Waals surface area contributed by atoms with E-state index in [9.17, 15) is 19.8 Å². The smallest absolute Gasteiger partial charge is 0.342 e. The lowest BCUT2D eigenvalue weighted by Crippen LogP contribution is -2.43. The van der Waals surface area contributed by atoms with E-state index in [4.69, 9.17) is 21.1 Å². The summed E-state index contributed by atoms with van der Waals surface area (Å²) >= 11 is 6.22. The summed E-state index contributed by atoms with van der Waals surface area (Å²) in [5.74, 6) is -1.31. The van der Waals surface area contributed by atoms with Crippen LogP contribution in [0.1, 0.15) is 52.7 Å². The first kappa shape index (κ1) is 20.5. The zero-order valence-electron chi connectivity index (χ0n) is 16.2. The predicted molar refractivity (Wildman–Crippen MR) is 101 cm³/mol. The highest BCUT2D eigenvalue weighted by Crippen LogP contribution is 2.49. The van der Waals surface area contributed by atoms with E-state index in [-0.39, 0.29) is 23.8 Å². The van der Waals surface area contributed by atoms with Crippen LogP contribution in [-0.2, 0) is 20.9 Å². The number of esters is 2. The number of hydrogen-bond acceptors (Lipinski definition) is 7. The summed E-state index contributed by atoms with van der Waals surface area (Å²) in [6.07, 6.45) is 1.53. The summed E-state index contributed by atoms with van der Waals surface area (Å²) in [7, 11) is 2.70. The van der Waals surface area contributed by atoms with Crippen molar-refractivity contribution in [2.24, 2.45) is 0 Å². The van der Waals surface area contributed by atoms with Gasteiger partial charge in [0.1, 0.15) is 29.8 Å². The zero-order chi connectivity index (χ0) is 20.8. The molecule has 152 valence electrons. The van der Waals surface area contributed by atoms with Crippen LogP contribution in [0.15, 0.2) is 11.6 Å². The molecule has 28 heavy (non-hydrogen) atoms.